The Kier molecular flexibility index (Phi) is 4.87. The molecule has 0 bridgehead atoms. The van der Waals surface area contributed by atoms with Gasteiger partial charge in [-0.2, -0.15) is 0 Å². The molecule has 3 rings (SSSR count). The fourth-order valence-electron chi connectivity index (χ4n) is 2.32. The summed E-state index contributed by atoms with van der Waals surface area (Å²) in [7, 11) is 0. The van der Waals surface area contributed by atoms with E-state index in [2.05, 4.69) is 16.9 Å². The maximum Gasteiger partial charge on any atom is 0.251 e. The lowest BCUT2D eigenvalue weighted by atomic mass is 10.2. The Balaban J connectivity index is 1.63. The summed E-state index contributed by atoms with van der Waals surface area (Å²) in [4.78, 5) is 16.4. The Morgan fingerprint density at radius 1 is 1.08 bits per heavy atom. The summed E-state index contributed by atoms with van der Waals surface area (Å²) in [6, 6.07) is 19.0. The van der Waals surface area contributed by atoms with Gasteiger partial charge in [0.1, 0.15) is 12.4 Å². The molecule has 2 aromatic carbocycles. The number of carbonyl (C=O) groups is 1. The monoisotopic (exact) mass is 318 g/mol. The van der Waals surface area contributed by atoms with Gasteiger partial charge in [0.25, 0.3) is 5.91 Å². The highest BCUT2D eigenvalue weighted by molar-refractivity contribution is 5.94. The second-order valence-corrected chi connectivity index (χ2v) is 5.31. The lowest BCUT2D eigenvalue weighted by Crippen LogP contribution is -2.22. The van der Waals surface area contributed by atoms with Crippen LogP contribution in [-0.4, -0.2) is 17.4 Å². The van der Waals surface area contributed by atoms with Crippen LogP contribution in [0, 0.1) is 0 Å². The number of para-hydroxylation sites is 1. The molecule has 0 aliphatic heterocycles. The van der Waals surface area contributed by atoms with Gasteiger partial charge in [-0.15, -0.1) is 6.58 Å². The average molecular weight is 318 g/mol. The van der Waals surface area contributed by atoms with Crippen molar-refractivity contribution in [2.45, 2.75) is 6.61 Å². The van der Waals surface area contributed by atoms with E-state index in [1.54, 1.807) is 30.3 Å². The van der Waals surface area contributed by atoms with Gasteiger partial charge in [0, 0.05) is 17.5 Å². The predicted molar refractivity (Wildman–Crippen MR) is 95.0 cm³/mol. The molecule has 24 heavy (non-hydrogen) atoms. The molecule has 1 heterocycles. The fraction of sp³-hybridized carbons (Fsp3) is 0.100. The van der Waals surface area contributed by atoms with E-state index >= 15 is 0 Å². The standard InChI is InChI=1S/C20H18N2O2/c1-2-13-21-20(23)16-8-11-18(12-9-16)24-14-17-10-7-15-5-3-4-6-19(15)22-17/h2-12H,1,13-14H2,(H,21,23). The summed E-state index contributed by atoms with van der Waals surface area (Å²) in [5.41, 5.74) is 2.40. The molecule has 4 nitrogen and oxygen atoms in total. The third-order valence-electron chi connectivity index (χ3n) is 3.57. The fourth-order valence-corrected chi connectivity index (χ4v) is 2.32. The Hall–Kier alpha value is -3.14. The van der Waals surface area contributed by atoms with E-state index in [9.17, 15) is 4.79 Å². The number of hydrogen-bond donors (Lipinski definition) is 1. The van der Waals surface area contributed by atoms with Crippen LogP contribution in [0.15, 0.2) is 73.3 Å². The molecule has 0 unspecified atom stereocenters. The Morgan fingerprint density at radius 3 is 2.67 bits per heavy atom. The molecule has 0 saturated carbocycles. The maximum absolute atomic E-state index is 11.8. The van der Waals surface area contributed by atoms with E-state index in [1.165, 1.54) is 0 Å². The molecule has 0 fully saturated rings. The van der Waals surface area contributed by atoms with Crippen molar-refractivity contribution in [1.29, 1.82) is 0 Å². The summed E-state index contributed by atoms with van der Waals surface area (Å²) < 4.78 is 5.75. The Morgan fingerprint density at radius 2 is 1.88 bits per heavy atom. The van der Waals surface area contributed by atoms with Gasteiger partial charge in [0.05, 0.1) is 11.2 Å². The summed E-state index contributed by atoms with van der Waals surface area (Å²) in [5.74, 6) is 0.572. The number of benzene rings is 2. The van der Waals surface area contributed by atoms with Crippen molar-refractivity contribution in [3.05, 3.63) is 84.6 Å². The number of nitrogens with zero attached hydrogens (tertiary/aromatic N) is 1. The number of aromatic nitrogens is 1. The molecule has 1 N–H and O–H groups in total. The van der Waals surface area contributed by atoms with E-state index in [-0.39, 0.29) is 5.91 Å². The molecule has 3 aromatic rings. The molecular formula is C20H18N2O2. The predicted octanol–water partition coefficient (Wildman–Crippen LogP) is 3.73. The first-order valence-corrected chi connectivity index (χ1v) is 7.73. The lowest BCUT2D eigenvalue weighted by molar-refractivity contribution is 0.0958. The molecule has 0 aliphatic rings. The summed E-state index contributed by atoms with van der Waals surface area (Å²) in [6.45, 7) is 4.40. The largest absolute Gasteiger partial charge is 0.487 e. The van der Waals surface area contributed by atoms with Crippen molar-refractivity contribution in [3.63, 3.8) is 0 Å². The first-order valence-electron chi connectivity index (χ1n) is 7.73. The highest BCUT2D eigenvalue weighted by Gasteiger charge is 2.05. The van der Waals surface area contributed by atoms with Crippen LogP contribution in [0.2, 0.25) is 0 Å². The van der Waals surface area contributed by atoms with Crippen LogP contribution in [0.25, 0.3) is 10.9 Å². The van der Waals surface area contributed by atoms with Gasteiger partial charge in [-0.25, -0.2) is 4.98 Å². The van der Waals surface area contributed by atoms with E-state index in [4.69, 9.17) is 4.74 Å². The molecule has 4 heteroatoms. The van der Waals surface area contributed by atoms with E-state index < -0.39 is 0 Å². The maximum atomic E-state index is 11.8. The van der Waals surface area contributed by atoms with Crippen molar-refractivity contribution in [2.24, 2.45) is 0 Å². The van der Waals surface area contributed by atoms with Crippen LogP contribution in [-0.2, 0) is 6.61 Å². The molecule has 120 valence electrons. The Bertz CT molecular complexity index is 857. The molecule has 1 amide bonds. The SMILES string of the molecule is C=CCNC(=O)c1ccc(OCc2ccc3ccccc3n2)cc1. The van der Waals surface area contributed by atoms with Gasteiger partial charge in [0.2, 0.25) is 0 Å². The van der Waals surface area contributed by atoms with Crippen molar-refractivity contribution >= 4 is 16.8 Å². The first kappa shape index (κ1) is 15.7. The van der Waals surface area contributed by atoms with Crippen molar-refractivity contribution in [1.82, 2.24) is 10.3 Å². The molecule has 0 saturated heterocycles. The number of fused-ring (bicyclic) bond motifs is 1. The van der Waals surface area contributed by atoms with E-state index in [1.807, 2.05) is 36.4 Å². The molecule has 1 aromatic heterocycles. The number of nitrogens with one attached hydrogen (secondary N) is 1. The minimum Gasteiger partial charge on any atom is -0.487 e. The zero-order valence-electron chi connectivity index (χ0n) is 13.2. The molecule has 0 aliphatic carbocycles. The van der Waals surface area contributed by atoms with Crippen LogP contribution < -0.4 is 10.1 Å². The number of amides is 1. The van der Waals surface area contributed by atoms with Gasteiger partial charge in [-0.1, -0.05) is 30.3 Å². The number of hydrogen-bond acceptors (Lipinski definition) is 3. The van der Waals surface area contributed by atoms with Gasteiger partial charge in [-0.05, 0) is 36.4 Å². The van der Waals surface area contributed by atoms with Crippen molar-refractivity contribution in [3.8, 4) is 5.75 Å². The van der Waals surface area contributed by atoms with Gasteiger partial charge < -0.3 is 10.1 Å². The number of rotatable bonds is 6. The average Bonchev–Trinajstić information content (AvgIpc) is 2.64. The van der Waals surface area contributed by atoms with Crippen LogP contribution in [0.1, 0.15) is 16.1 Å². The third kappa shape index (κ3) is 3.79. The van der Waals surface area contributed by atoms with Gasteiger partial charge >= 0.3 is 0 Å². The number of pyridine rings is 1. The second kappa shape index (κ2) is 7.42. The topological polar surface area (TPSA) is 51.2 Å². The second-order valence-electron chi connectivity index (χ2n) is 5.31. The molecule has 0 atom stereocenters. The summed E-state index contributed by atoms with van der Waals surface area (Å²) >= 11 is 0. The van der Waals surface area contributed by atoms with Crippen molar-refractivity contribution in [2.75, 3.05) is 6.54 Å². The minimum atomic E-state index is -0.127. The van der Waals surface area contributed by atoms with Crippen LogP contribution in [0.3, 0.4) is 0 Å². The smallest absolute Gasteiger partial charge is 0.251 e. The number of carbonyl (C=O) groups excluding carboxylic acids is 1. The van der Waals surface area contributed by atoms with Crippen LogP contribution in [0.5, 0.6) is 5.75 Å². The minimum absolute atomic E-state index is 0.127. The van der Waals surface area contributed by atoms with E-state index in [0.29, 0.717) is 24.5 Å². The van der Waals surface area contributed by atoms with Crippen molar-refractivity contribution < 1.29 is 9.53 Å². The van der Waals surface area contributed by atoms with Crippen LogP contribution >= 0.6 is 0 Å². The Labute approximate surface area is 140 Å². The normalized spacial score (nSPS) is 10.3. The first-order chi connectivity index (χ1) is 11.8. The summed E-state index contributed by atoms with van der Waals surface area (Å²) in [5, 5.41) is 3.84. The summed E-state index contributed by atoms with van der Waals surface area (Å²) in [6.07, 6.45) is 1.64. The number of ether oxygens (including phenoxy) is 1. The van der Waals surface area contributed by atoms with Crippen LogP contribution in [0.4, 0.5) is 0 Å². The zero-order chi connectivity index (χ0) is 16.8. The lowest BCUT2D eigenvalue weighted by Gasteiger charge is -2.08. The molecular weight excluding hydrogens is 300 g/mol. The van der Waals surface area contributed by atoms with Gasteiger partial charge in [0.15, 0.2) is 0 Å². The highest BCUT2D eigenvalue weighted by Crippen LogP contribution is 2.16. The highest BCUT2D eigenvalue weighted by atomic mass is 16.5. The molecule has 0 spiro atoms. The van der Waals surface area contributed by atoms with Gasteiger partial charge in [-0.3, -0.25) is 4.79 Å². The quantitative estimate of drug-likeness (QED) is 0.705. The third-order valence-corrected chi connectivity index (χ3v) is 3.57. The van der Waals surface area contributed by atoms with E-state index in [0.717, 1.165) is 16.6 Å². The zero-order valence-corrected chi connectivity index (χ0v) is 13.2. The molecule has 0 radical (unpaired) electrons.